The van der Waals surface area contributed by atoms with E-state index in [9.17, 15) is 26.3 Å². The monoisotopic (exact) mass is 681 g/mol. The predicted octanol–water partition coefficient (Wildman–Crippen LogP) is 5.61. The van der Waals surface area contributed by atoms with Gasteiger partial charge in [-0.25, -0.2) is 22.5 Å². The van der Waals surface area contributed by atoms with Crippen LogP contribution in [0, 0.1) is 18.6 Å². The van der Waals surface area contributed by atoms with Crippen molar-refractivity contribution < 1.29 is 40.2 Å². The third-order valence-corrected chi connectivity index (χ3v) is 11.0. The van der Waals surface area contributed by atoms with Crippen LogP contribution < -0.4 is 25.4 Å². The molecule has 5 aliphatic heterocycles. The van der Waals surface area contributed by atoms with Crippen molar-refractivity contribution in [2.24, 2.45) is 0 Å². The molecule has 5 aliphatic rings. The zero-order chi connectivity index (χ0) is 33.9. The first-order valence-electron chi connectivity index (χ1n) is 16.2. The van der Waals surface area contributed by atoms with Gasteiger partial charge in [0.05, 0.1) is 28.9 Å². The zero-order valence-electron chi connectivity index (χ0n) is 26.2. The van der Waals surface area contributed by atoms with Crippen molar-refractivity contribution in [3.63, 3.8) is 0 Å². The molecule has 0 unspecified atom stereocenters. The van der Waals surface area contributed by atoms with E-state index in [0.717, 1.165) is 19.8 Å². The Bertz CT molecular complexity index is 1810. The van der Waals surface area contributed by atoms with E-state index >= 15 is 4.39 Å². The molecule has 0 radical (unpaired) electrons. The highest BCUT2D eigenvalue weighted by Gasteiger charge is 2.53. The molecule has 258 valence electrons. The number of ether oxygens (including phenoxy) is 2. The number of hydrogen-bond acceptors (Lipinski definition) is 9. The molecule has 48 heavy (non-hydrogen) atoms. The number of benzene rings is 1. The summed E-state index contributed by atoms with van der Waals surface area (Å²) in [5, 5.41) is 3.65. The van der Waals surface area contributed by atoms with Crippen LogP contribution in [0.1, 0.15) is 56.6 Å². The van der Waals surface area contributed by atoms with Gasteiger partial charge in [0.25, 0.3) is 6.43 Å². The lowest BCUT2D eigenvalue weighted by molar-refractivity contribution is -0.137. The first kappa shape index (κ1) is 31.6. The highest BCUT2D eigenvalue weighted by molar-refractivity contribution is 5.97. The van der Waals surface area contributed by atoms with Gasteiger partial charge < -0.3 is 25.4 Å². The van der Waals surface area contributed by atoms with E-state index in [1.54, 1.807) is 11.8 Å². The third kappa shape index (κ3) is 4.68. The van der Waals surface area contributed by atoms with Crippen molar-refractivity contribution in [3.8, 4) is 23.1 Å². The summed E-state index contributed by atoms with van der Waals surface area (Å²) in [4.78, 5) is 17.2. The van der Waals surface area contributed by atoms with E-state index in [4.69, 9.17) is 20.2 Å². The lowest BCUT2D eigenvalue weighted by Crippen LogP contribution is -2.62. The highest BCUT2D eigenvalue weighted by atomic mass is 19.4. The minimum absolute atomic E-state index is 0.0150. The van der Waals surface area contributed by atoms with Crippen molar-refractivity contribution >= 4 is 22.4 Å². The molecule has 4 saturated heterocycles. The molecule has 3 N–H and O–H groups in total. The quantitative estimate of drug-likeness (QED) is 0.263. The van der Waals surface area contributed by atoms with Crippen molar-refractivity contribution in [1.29, 1.82) is 0 Å². The number of alkyl halides is 5. The second kappa shape index (κ2) is 10.9. The molecular weight excluding hydrogens is 647 g/mol. The minimum Gasteiger partial charge on any atom is -0.472 e. The average molecular weight is 682 g/mol. The van der Waals surface area contributed by atoms with Crippen LogP contribution in [-0.4, -0.2) is 81.8 Å². The first-order chi connectivity index (χ1) is 22.8. The van der Waals surface area contributed by atoms with Gasteiger partial charge >= 0.3 is 12.2 Å². The van der Waals surface area contributed by atoms with Gasteiger partial charge in [-0.3, -0.25) is 4.90 Å². The predicted molar refractivity (Wildman–Crippen MR) is 161 cm³/mol. The Balaban J connectivity index is 1.31. The normalized spacial score (nSPS) is 29.7. The topological polar surface area (TPSA) is 102 Å². The van der Waals surface area contributed by atoms with E-state index in [1.807, 2.05) is 4.90 Å². The van der Waals surface area contributed by atoms with Crippen LogP contribution in [0.15, 0.2) is 6.07 Å². The van der Waals surface area contributed by atoms with Crippen LogP contribution in [0.25, 0.3) is 22.2 Å². The SMILES string of the molecule is Cc1c(F)c(N)cc(-c2nc3c4c(nc(OC[C@@]56CCCN5[C@@H](C(F)F)CC6)nc4c2F)N2C[C@H]4CC[C@H](N4)[C@H]2[C@H](C)O3)c1C(F)(F)F. The van der Waals surface area contributed by atoms with Gasteiger partial charge in [0, 0.05) is 24.2 Å². The number of nitrogens with zero attached hydrogens (tertiary/aromatic N) is 5. The number of aromatic nitrogens is 3. The van der Waals surface area contributed by atoms with Gasteiger partial charge in [-0.15, -0.1) is 0 Å². The van der Waals surface area contributed by atoms with Crippen molar-refractivity contribution in [1.82, 2.24) is 25.2 Å². The fraction of sp³-hybridized carbons (Fsp3) is 0.594. The Labute approximate surface area is 271 Å². The zero-order valence-corrected chi connectivity index (χ0v) is 26.2. The van der Waals surface area contributed by atoms with E-state index in [1.165, 1.54) is 0 Å². The fourth-order valence-electron chi connectivity index (χ4n) is 8.91. The van der Waals surface area contributed by atoms with Crippen LogP contribution in [0.2, 0.25) is 0 Å². The number of piperazine rings is 1. The Kier molecular flexibility index (Phi) is 7.19. The van der Waals surface area contributed by atoms with E-state index in [2.05, 4.69) is 15.3 Å². The fourth-order valence-corrected chi connectivity index (χ4v) is 8.91. The second-order valence-corrected chi connectivity index (χ2v) is 13.7. The van der Waals surface area contributed by atoms with Crippen molar-refractivity contribution in [3.05, 3.63) is 28.8 Å². The second-order valence-electron chi connectivity index (χ2n) is 13.7. The molecule has 2 bridgehead atoms. The van der Waals surface area contributed by atoms with Crippen LogP contribution in [0.3, 0.4) is 0 Å². The molecule has 0 spiro atoms. The molecule has 9 nitrogen and oxygen atoms in total. The molecule has 0 amide bonds. The first-order valence-corrected chi connectivity index (χ1v) is 16.2. The van der Waals surface area contributed by atoms with Gasteiger partial charge in [-0.05, 0) is 70.5 Å². The summed E-state index contributed by atoms with van der Waals surface area (Å²) in [5.41, 5.74) is 0.343. The van der Waals surface area contributed by atoms with E-state index in [0.29, 0.717) is 44.8 Å². The number of anilines is 2. The molecule has 6 atom stereocenters. The molecule has 2 aromatic heterocycles. The van der Waals surface area contributed by atoms with Gasteiger partial charge in [-0.1, -0.05) is 0 Å². The van der Waals surface area contributed by atoms with Gasteiger partial charge in [0.2, 0.25) is 5.88 Å². The highest BCUT2D eigenvalue weighted by Crippen LogP contribution is 2.48. The number of fused-ring (bicyclic) bond motifs is 6. The van der Waals surface area contributed by atoms with E-state index < -0.39 is 70.0 Å². The summed E-state index contributed by atoms with van der Waals surface area (Å²) in [7, 11) is 0. The summed E-state index contributed by atoms with van der Waals surface area (Å²) < 4.78 is 115. The summed E-state index contributed by atoms with van der Waals surface area (Å²) >= 11 is 0. The van der Waals surface area contributed by atoms with Gasteiger partial charge in [-0.2, -0.15) is 23.1 Å². The largest absolute Gasteiger partial charge is 0.472 e. The van der Waals surface area contributed by atoms with Crippen molar-refractivity contribution in [2.45, 2.75) is 101 Å². The molecule has 7 heterocycles. The molecule has 8 rings (SSSR count). The number of hydrogen-bond donors (Lipinski definition) is 2. The maximum absolute atomic E-state index is 16.8. The lowest BCUT2D eigenvalue weighted by Gasteiger charge is -2.42. The smallest absolute Gasteiger partial charge is 0.417 e. The summed E-state index contributed by atoms with van der Waals surface area (Å²) in [6.07, 6.45) is -4.29. The Hall–Kier alpha value is -3.66. The summed E-state index contributed by atoms with van der Waals surface area (Å²) in [5.74, 6) is -2.40. The average Bonchev–Trinajstić information content (AvgIpc) is 3.69. The molecule has 16 heteroatoms. The molecular formula is C32H34F7N7O2. The summed E-state index contributed by atoms with van der Waals surface area (Å²) in [6, 6.07) is -0.617. The van der Waals surface area contributed by atoms with E-state index in [-0.39, 0.29) is 53.3 Å². The third-order valence-electron chi connectivity index (χ3n) is 11.0. The number of nitrogen functional groups attached to an aromatic ring is 1. The van der Waals surface area contributed by atoms with Crippen LogP contribution in [0.4, 0.5) is 42.2 Å². The molecule has 0 saturated carbocycles. The number of halogens is 7. The molecule has 3 aromatic rings. The minimum atomic E-state index is -5.08. The Morgan fingerprint density at radius 2 is 1.92 bits per heavy atom. The summed E-state index contributed by atoms with van der Waals surface area (Å²) in [6.45, 7) is 3.69. The maximum Gasteiger partial charge on any atom is 0.417 e. The molecule has 4 fully saturated rings. The van der Waals surface area contributed by atoms with Gasteiger partial charge in [0.15, 0.2) is 5.82 Å². The lowest BCUT2D eigenvalue weighted by atomic mass is 9.95. The standard InChI is InChI=1S/C32H34F7N7O2/c1-13-21(32(37,38)39)16(10-17(40)22(13)33)24-23(34)25-20-28(45-11-15-4-5-18(41-15)26(45)14(2)48-29(20)42-24)44-30(43-25)47-12-31-7-3-9-46(31)19(6-8-31)27(35)36/h10,14-15,18-19,26-27,41H,3-9,11-12,40H2,1-2H3/t14-,15+,18-,19+,26+,31-/m0/s1. The Morgan fingerprint density at radius 3 is 2.67 bits per heavy atom. The van der Waals surface area contributed by atoms with Gasteiger partial charge in [0.1, 0.15) is 40.9 Å². The maximum atomic E-state index is 16.8. The van der Waals surface area contributed by atoms with Crippen LogP contribution >= 0.6 is 0 Å². The molecule has 1 aromatic carbocycles. The van der Waals surface area contributed by atoms with Crippen LogP contribution in [0.5, 0.6) is 11.9 Å². The van der Waals surface area contributed by atoms with Crippen molar-refractivity contribution in [2.75, 3.05) is 30.3 Å². The number of rotatable bonds is 5. The number of nitrogens with one attached hydrogen (secondary N) is 1. The number of pyridine rings is 1. The molecule has 0 aliphatic carbocycles. The van der Waals surface area contributed by atoms with Crippen LogP contribution in [-0.2, 0) is 6.18 Å². The number of nitrogens with two attached hydrogens (primary N) is 1. The Morgan fingerprint density at radius 1 is 1.12 bits per heavy atom.